The molecule has 0 saturated heterocycles. The Labute approximate surface area is 92.9 Å². The van der Waals surface area contributed by atoms with Gasteiger partial charge in [-0.1, -0.05) is 30.3 Å². The van der Waals surface area contributed by atoms with Crippen LogP contribution in [0.2, 0.25) is 0 Å². The summed E-state index contributed by atoms with van der Waals surface area (Å²) in [5.74, 6) is 5.54. The quantitative estimate of drug-likeness (QED) is 0.628. The van der Waals surface area contributed by atoms with Crippen molar-refractivity contribution in [1.82, 2.24) is 14.5 Å². The van der Waals surface area contributed by atoms with Gasteiger partial charge in [-0.25, -0.2) is 9.36 Å². The summed E-state index contributed by atoms with van der Waals surface area (Å²) < 4.78 is 3.62. The molecule has 0 unspecified atom stereocenters. The minimum atomic E-state index is 0.547. The van der Waals surface area contributed by atoms with Crippen molar-refractivity contribution in [2.24, 2.45) is 0 Å². The molecule has 0 aliphatic heterocycles. The summed E-state index contributed by atoms with van der Waals surface area (Å²) in [7, 11) is 0. The highest BCUT2D eigenvalue weighted by molar-refractivity contribution is 7.71. The molecule has 78 valence electrons. The Kier molecular flexibility index (Phi) is 2.82. The zero-order chi connectivity index (χ0) is 10.7. The summed E-state index contributed by atoms with van der Waals surface area (Å²) in [6, 6.07) is 10.2. The van der Waals surface area contributed by atoms with Gasteiger partial charge in [-0.3, -0.25) is 0 Å². The van der Waals surface area contributed by atoms with Crippen LogP contribution in [0.4, 0.5) is 0 Å². The molecule has 2 aromatic rings. The number of benzene rings is 1. The van der Waals surface area contributed by atoms with E-state index in [0.29, 0.717) is 4.77 Å². The molecular weight excluding hydrogens is 208 g/mol. The van der Waals surface area contributed by atoms with Gasteiger partial charge in [0.1, 0.15) is 6.33 Å². The van der Waals surface area contributed by atoms with E-state index in [1.807, 2.05) is 18.2 Å². The molecule has 0 atom stereocenters. The summed E-state index contributed by atoms with van der Waals surface area (Å²) in [4.78, 5) is 0. The van der Waals surface area contributed by atoms with Gasteiger partial charge in [0.25, 0.3) is 0 Å². The van der Waals surface area contributed by atoms with Gasteiger partial charge in [0.05, 0.1) is 0 Å². The molecule has 0 fully saturated rings. The Morgan fingerprint density at radius 1 is 1.27 bits per heavy atom. The Bertz CT molecular complexity index is 486. The van der Waals surface area contributed by atoms with Crippen molar-refractivity contribution < 1.29 is 0 Å². The Morgan fingerprint density at radius 3 is 2.60 bits per heavy atom. The van der Waals surface area contributed by atoms with E-state index in [1.165, 1.54) is 16.6 Å². The van der Waals surface area contributed by atoms with E-state index in [4.69, 9.17) is 18.1 Å². The summed E-state index contributed by atoms with van der Waals surface area (Å²) in [5.41, 5.74) is 1.27. The third-order valence-electron chi connectivity index (χ3n) is 2.21. The van der Waals surface area contributed by atoms with Crippen LogP contribution >= 0.6 is 12.2 Å². The number of hydrogen-bond donors (Lipinski definition) is 1. The highest BCUT2D eigenvalue weighted by Crippen LogP contribution is 2.01. The summed E-state index contributed by atoms with van der Waals surface area (Å²) in [5, 5.41) is 4.08. The smallest absolute Gasteiger partial charge is 0.216 e. The Balaban J connectivity index is 2.06. The average Bonchev–Trinajstić information content (AvgIpc) is 2.59. The number of hydrogen-bond acceptors (Lipinski definition) is 3. The molecule has 5 heteroatoms. The first-order valence-electron chi connectivity index (χ1n) is 4.71. The molecule has 0 aliphatic carbocycles. The van der Waals surface area contributed by atoms with E-state index in [0.717, 1.165) is 13.0 Å². The number of rotatable bonds is 3. The van der Waals surface area contributed by atoms with Crippen molar-refractivity contribution >= 4 is 12.2 Å². The first kappa shape index (κ1) is 9.92. The van der Waals surface area contributed by atoms with Crippen LogP contribution in [0.5, 0.6) is 0 Å². The van der Waals surface area contributed by atoms with E-state index >= 15 is 0 Å². The van der Waals surface area contributed by atoms with Crippen LogP contribution in [0.1, 0.15) is 5.56 Å². The van der Waals surface area contributed by atoms with Crippen molar-refractivity contribution in [2.75, 3.05) is 5.84 Å². The molecular formula is C10H12N4S. The molecule has 1 aromatic heterocycles. The lowest BCUT2D eigenvalue weighted by molar-refractivity contribution is 0.602. The third-order valence-corrected chi connectivity index (χ3v) is 2.63. The number of nitrogens with two attached hydrogens (primary N) is 1. The van der Waals surface area contributed by atoms with E-state index in [2.05, 4.69) is 17.2 Å². The first-order valence-corrected chi connectivity index (χ1v) is 5.11. The second kappa shape index (κ2) is 4.27. The van der Waals surface area contributed by atoms with E-state index in [-0.39, 0.29) is 0 Å². The van der Waals surface area contributed by atoms with Crippen molar-refractivity contribution in [2.45, 2.75) is 13.0 Å². The highest BCUT2D eigenvalue weighted by Gasteiger charge is 1.98. The van der Waals surface area contributed by atoms with Gasteiger partial charge >= 0.3 is 0 Å². The van der Waals surface area contributed by atoms with Gasteiger partial charge in [-0.15, -0.1) is 0 Å². The number of nitrogen functional groups attached to an aromatic ring is 1. The number of aromatic nitrogens is 3. The molecule has 0 spiro atoms. The topological polar surface area (TPSA) is 48.8 Å². The van der Waals surface area contributed by atoms with Crippen LogP contribution in [0.25, 0.3) is 0 Å². The van der Waals surface area contributed by atoms with Crippen molar-refractivity contribution in [3.8, 4) is 0 Å². The van der Waals surface area contributed by atoms with Crippen LogP contribution < -0.4 is 5.84 Å². The van der Waals surface area contributed by atoms with Gasteiger partial charge in [0.15, 0.2) is 0 Å². The average molecular weight is 220 g/mol. The van der Waals surface area contributed by atoms with Gasteiger partial charge in [0.2, 0.25) is 4.77 Å². The minimum Gasteiger partial charge on any atom is -0.336 e. The molecule has 0 bridgehead atoms. The molecule has 0 radical (unpaired) electrons. The molecule has 0 saturated carbocycles. The summed E-state index contributed by atoms with van der Waals surface area (Å²) in [6.07, 6.45) is 2.43. The fraction of sp³-hybridized carbons (Fsp3) is 0.200. The molecule has 0 amide bonds. The maximum atomic E-state index is 5.54. The zero-order valence-electron chi connectivity index (χ0n) is 8.21. The lowest BCUT2D eigenvalue weighted by Gasteiger charge is -2.01. The molecule has 4 nitrogen and oxygen atoms in total. The largest absolute Gasteiger partial charge is 0.336 e. The van der Waals surface area contributed by atoms with Gasteiger partial charge in [-0.2, -0.15) is 5.10 Å². The Hall–Kier alpha value is -1.62. The van der Waals surface area contributed by atoms with Crippen molar-refractivity contribution in [3.05, 3.63) is 47.0 Å². The molecule has 2 N–H and O–H groups in total. The maximum absolute atomic E-state index is 5.54. The van der Waals surface area contributed by atoms with Crippen molar-refractivity contribution in [3.63, 3.8) is 0 Å². The second-order valence-electron chi connectivity index (χ2n) is 3.28. The van der Waals surface area contributed by atoms with Crippen LogP contribution in [0.3, 0.4) is 0 Å². The predicted molar refractivity (Wildman–Crippen MR) is 61.3 cm³/mol. The molecule has 15 heavy (non-hydrogen) atoms. The summed E-state index contributed by atoms with van der Waals surface area (Å²) >= 11 is 5.08. The second-order valence-corrected chi connectivity index (χ2v) is 3.64. The lowest BCUT2D eigenvalue weighted by Crippen LogP contribution is -2.09. The van der Waals surface area contributed by atoms with Crippen LogP contribution in [-0.2, 0) is 13.0 Å². The van der Waals surface area contributed by atoms with Crippen molar-refractivity contribution in [1.29, 1.82) is 0 Å². The number of nitrogens with zero attached hydrogens (tertiary/aromatic N) is 3. The normalized spacial score (nSPS) is 10.4. The fourth-order valence-corrected chi connectivity index (χ4v) is 1.57. The SMILES string of the molecule is Nn1cnn(CCc2ccccc2)c1=S. The van der Waals surface area contributed by atoms with E-state index < -0.39 is 0 Å². The van der Waals surface area contributed by atoms with Gasteiger partial charge in [0, 0.05) is 6.54 Å². The maximum Gasteiger partial charge on any atom is 0.216 e. The molecule has 2 rings (SSSR count). The standard InChI is InChI=1S/C10H12N4S/c11-13-8-12-14(10(13)15)7-6-9-4-2-1-3-5-9/h1-5,8H,6-7,11H2. The van der Waals surface area contributed by atoms with E-state index in [9.17, 15) is 0 Å². The highest BCUT2D eigenvalue weighted by atomic mass is 32.1. The number of aryl methyl sites for hydroxylation is 2. The predicted octanol–water partition coefficient (Wildman–Crippen LogP) is 1.37. The minimum absolute atomic E-state index is 0.547. The molecule has 1 aromatic carbocycles. The van der Waals surface area contributed by atoms with Gasteiger partial charge < -0.3 is 5.84 Å². The molecule has 1 heterocycles. The summed E-state index contributed by atoms with van der Waals surface area (Å²) in [6.45, 7) is 0.757. The fourth-order valence-electron chi connectivity index (χ4n) is 1.38. The third kappa shape index (κ3) is 2.24. The Morgan fingerprint density at radius 2 is 2.00 bits per heavy atom. The van der Waals surface area contributed by atoms with E-state index in [1.54, 1.807) is 4.68 Å². The zero-order valence-corrected chi connectivity index (χ0v) is 9.02. The van der Waals surface area contributed by atoms with Crippen LogP contribution in [0.15, 0.2) is 36.7 Å². The monoisotopic (exact) mass is 220 g/mol. The van der Waals surface area contributed by atoms with Gasteiger partial charge in [-0.05, 0) is 24.2 Å². The van der Waals surface area contributed by atoms with Crippen LogP contribution in [-0.4, -0.2) is 14.5 Å². The first-order chi connectivity index (χ1) is 7.27. The van der Waals surface area contributed by atoms with Crippen LogP contribution in [0, 0.1) is 4.77 Å². The lowest BCUT2D eigenvalue weighted by atomic mass is 10.2. The molecule has 0 aliphatic rings.